The molecule has 4 rings (SSSR count). The molecule has 0 radical (unpaired) electrons. The normalized spacial score (nSPS) is 15.6. The lowest BCUT2D eigenvalue weighted by molar-refractivity contribution is 0.331. The highest BCUT2D eigenvalue weighted by atomic mass is 32.2. The van der Waals surface area contributed by atoms with Crippen molar-refractivity contribution in [3.05, 3.63) is 42.0 Å². The van der Waals surface area contributed by atoms with Gasteiger partial charge in [-0.15, -0.1) is 10.2 Å². The highest BCUT2D eigenvalue weighted by Crippen LogP contribution is 2.33. The van der Waals surface area contributed by atoms with Gasteiger partial charge in [-0.05, 0) is 19.8 Å². The summed E-state index contributed by atoms with van der Waals surface area (Å²) in [7, 11) is 0. The van der Waals surface area contributed by atoms with Crippen molar-refractivity contribution in [3.8, 4) is 11.4 Å². The highest BCUT2D eigenvalue weighted by molar-refractivity contribution is 7.98. The van der Waals surface area contributed by atoms with Gasteiger partial charge < -0.3 is 9.09 Å². The number of benzene rings is 1. The van der Waals surface area contributed by atoms with Crippen LogP contribution in [0.4, 0.5) is 0 Å². The van der Waals surface area contributed by atoms with Gasteiger partial charge in [-0.2, -0.15) is 4.98 Å². The predicted molar refractivity (Wildman–Crippen MR) is 96.2 cm³/mol. The van der Waals surface area contributed by atoms with Crippen LogP contribution in [0.25, 0.3) is 11.4 Å². The van der Waals surface area contributed by atoms with Crippen molar-refractivity contribution >= 4 is 11.8 Å². The van der Waals surface area contributed by atoms with Crippen LogP contribution >= 0.6 is 11.8 Å². The molecule has 0 spiro atoms. The molecule has 7 heteroatoms. The second-order valence-corrected chi connectivity index (χ2v) is 7.30. The van der Waals surface area contributed by atoms with Crippen LogP contribution in [-0.2, 0) is 5.75 Å². The number of aromatic nitrogens is 5. The Hall–Kier alpha value is -2.15. The molecular formula is C18H21N5OS. The molecule has 0 aliphatic heterocycles. The lowest BCUT2D eigenvalue weighted by Gasteiger charge is -2.24. The zero-order chi connectivity index (χ0) is 17.1. The molecule has 0 saturated heterocycles. The largest absolute Gasteiger partial charge is 0.338 e. The predicted octanol–water partition coefficient (Wildman–Crippen LogP) is 4.43. The summed E-state index contributed by atoms with van der Waals surface area (Å²) in [6.07, 6.45) is 6.34. The summed E-state index contributed by atoms with van der Waals surface area (Å²) in [6, 6.07) is 10.4. The Labute approximate surface area is 151 Å². The summed E-state index contributed by atoms with van der Waals surface area (Å²) < 4.78 is 7.68. The SMILES string of the molecule is Cc1nnc(SCc2nc(-c3ccccc3)no2)n1C1CCCCC1. The van der Waals surface area contributed by atoms with Gasteiger partial charge in [-0.1, -0.05) is 66.5 Å². The van der Waals surface area contributed by atoms with E-state index in [-0.39, 0.29) is 0 Å². The van der Waals surface area contributed by atoms with Crippen molar-refractivity contribution in [1.29, 1.82) is 0 Å². The fraction of sp³-hybridized carbons (Fsp3) is 0.444. The molecule has 0 atom stereocenters. The number of nitrogens with zero attached hydrogens (tertiary/aromatic N) is 5. The first-order valence-electron chi connectivity index (χ1n) is 8.73. The molecule has 1 aliphatic rings. The third-order valence-electron chi connectivity index (χ3n) is 4.60. The second-order valence-electron chi connectivity index (χ2n) is 6.36. The van der Waals surface area contributed by atoms with E-state index in [9.17, 15) is 0 Å². The van der Waals surface area contributed by atoms with Gasteiger partial charge in [0.25, 0.3) is 0 Å². The van der Waals surface area contributed by atoms with Crippen molar-refractivity contribution in [1.82, 2.24) is 24.9 Å². The average molecular weight is 355 g/mol. The molecule has 1 fully saturated rings. The minimum atomic E-state index is 0.522. The van der Waals surface area contributed by atoms with Crippen molar-refractivity contribution in [2.75, 3.05) is 0 Å². The molecule has 1 aliphatic carbocycles. The van der Waals surface area contributed by atoms with Gasteiger partial charge in [0.05, 0.1) is 5.75 Å². The topological polar surface area (TPSA) is 69.6 Å². The fourth-order valence-corrected chi connectivity index (χ4v) is 4.24. The van der Waals surface area contributed by atoms with E-state index in [2.05, 4.69) is 24.9 Å². The van der Waals surface area contributed by atoms with Crippen LogP contribution in [0.15, 0.2) is 40.0 Å². The standard InChI is InChI=1S/C18H21N5OS/c1-13-20-21-18(23(13)15-10-6-3-7-11-15)25-12-16-19-17(22-24-16)14-8-4-2-5-9-14/h2,4-5,8-9,15H,3,6-7,10-12H2,1H3. The van der Waals surface area contributed by atoms with Gasteiger partial charge in [0, 0.05) is 11.6 Å². The van der Waals surface area contributed by atoms with Crippen molar-refractivity contribution < 1.29 is 4.52 Å². The zero-order valence-corrected chi connectivity index (χ0v) is 15.1. The summed E-state index contributed by atoms with van der Waals surface area (Å²) >= 11 is 1.62. The molecule has 1 saturated carbocycles. The van der Waals surface area contributed by atoms with Gasteiger partial charge in [0.15, 0.2) is 5.16 Å². The second kappa shape index (κ2) is 7.39. The molecular weight excluding hydrogens is 334 g/mol. The number of aryl methyl sites for hydroxylation is 1. The number of hydrogen-bond donors (Lipinski definition) is 0. The Kier molecular flexibility index (Phi) is 4.83. The summed E-state index contributed by atoms with van der Waals surface area (Å²) in [6.45, 7) is 2.03. The van der Waals surface area contributed by atoms with E-state index in [0.29, 0.717) is 23.5 Å². The van der Waals surface area contributed by atoms with Crippen LogP contribution < -0.4 is 0 Å². The van der Waals surface area contributed by atoms with Crippen LogP contribution in [0.1, 0.15) is 49.9 Å². The molecule has 25 heavy (non-hydrogen) atoms. The van der Waals surface area contributed by atoms with E-state index in [4.69, 9.17) is 4.52 Å². The summed E-state index contributed by atoms with van der Waals surface area (Å²) in [5.41, 5.74) is 0.962. The van der Waals surface area contributed by atoms with Gasteiger partial charge >= 0.3 is 0 Å². The molecule has 2 heterocycles. The Morgan fingerprint density at radius 2 is 1.92 bits per heavy atom. The molecule has 2 aromatic heterocycles. The molecule has 0 N–H and O–H groups in total. The van der Waals surface area contributed by atoms with Crippen LogP contribution in [0, 0.1) is 6.92 Å². The quantitative estimate of drug-likeness (QED) is 0.630. The molecule has 130 valence electrons. The maximum absolute atomic E-state index is 5.39. The molecule has 0 amide bonds. The first-order valence-corrected chi connectivity index (χ1v) is 9.72. The van der Waals surface area contributed by atoms with Crippen molar-refractivity contribution in [2.45, 2.75) is 56.0 Å². The lowest BCUT2D eigenvalue weighted by Crippen LogP contribution is -2.15. The number of rotatable bonds is 5. The Morgan fingerprint density at radius 3 is 2.72 bits per heavy atom. The molecule has 3 aromatic rings. The molecule has 6 nitrogen and oxygen atoms in total. The van der Waals surface area contributed by atoms with E-state index in [0.717, 1.165) is 16.5 Å². The van der Waals surface area contributed by atoms with Crippen LogP contribution in [0.5, 0.6) is 0 Å². The third kappa shape index (κ3) is 3.61. The van der Waals surface area contributed by atoms with Gasteiger partial charge in [-0.25, -0.2) is 0 Å². The van der Waals surface area contributed by atoms with Gasteiger partial charge in [0.1, 0.15) is 5.82 Å². The van der Waals surface area contributed by atoms with E-state index in [1.165, 1.54) is 32.1 Å². The highest BCUT2D eigenvalue weighted by Gasteiger charge is 2.21. The maximum Gasteiger partial charge on any atom is 0.237 e. The lowest BCUT2D eigenvalue weighted by atomic mass is 9.95. The van der Waals surface area contributed by atoms with Crippen molar-refractivity contribution in [2.24, 2.45) is 0 Å². The Balaban J connectivity index is 1.46. The first kappa shape index (κ1) is 16.3. The van der Waals surface area contributed by atoms with E-state index < -0.39 is 0 Å². The maximum atomic E-state index is 5.39. The Morgan fingerprint density at radius 1 is 1.12 bits per heavy atom. The first-order chi connectivity index (χ1) is 12.3. The third-order valence-corrected chi connectivity index (χ3v) is 5.53. The van der Waals surface area contributed by atoms with Gasteiger partial charge in [-0.3, -0.25) is 0 Å². The fourth-order valence-electron chi connectivity index (χ4n) is 3.35. The Bertz CT molecular complexity index is 823. The number of hydrogen-bond acceptors (Lipinski definition) is 6. The molecule has 1 aromatic carbocycles. The van der Waals surface area contributed by atoms with Crippen LogP contribution in [0.2, 0.25) is 0 Å². The van der Waals surface area contributed by atoms with E-state index >= 15 is 0 Å². The van der Waals surface area contributed by atoms with Crippen LogP contribution in [0.3, 0.4) is 0 Å². The van der Waals surface area contributed by atoms with Crippen molar-refractivity contribution in [3.63, 3.8) is 0 Å². The van der Waals surface area contributed by atoms with Gasteiger partial charge in [0.2, 0.25) is 11.7 Å². The monoisotopic (exact) mass is 355 g/mol. The molecule has 0 unspecified atom stereocenters. The zero-order valence-electron chi connectivity index (χ0n) is 14.3. The average Bonchev–Trinajstić information content (AvgIpc) is 3.28. The number of thioether (sulfide) groups is 1. The summed E-state index contributed by atoms with van der Waals surface area (Å²) in [5.74, 6) is 2.83. The summed E-state index contributed by atoms with van der Waals surface area (Å²) in [5, 5.41) is 13.7. The van der Waals surface area contributed by atoms with E-state index in [1.54, 1.807) is 11.8 Å². The molecule has 0 bridgehead atoms. The van der Waals surface area contributed by atoms with E-state index in [1.807, 2.05) is 37.3 Å². The smallest absolute Gasteiger partial charge is 0.237 e. The van der Waals surface area contributed by atoms with Crippen LogP contribution in [-0.4, -0.2) is 24.9 Å². The summed E-state index contributed by atoms with van der Waals surface area (Å²) in [4.78, 5) is 4.49. The minimum absolute atomic E-state index is 0.522. The minimum Gasteiger partial charge on any atom is -0.338 e.